The molecule has 2 aromatic rings. The molecular formula is C15H17ClN2. The van der Waals surface area contributed by atoms with E-state index in [0.29, 0.717) is 0 Å². The van der Waals surface area contributed by atoms with Gasteiger partial charge in [0.1, 0.15) is 0 Å². The van der Waals surface area contributed by atoms with Gasteiger partial charge in [0, 0.05) is 29.5 Å². The lowest BCUT2D eigenvalue weighted by Crippen LogP contribution is -2.18. The third-order valence-electron chi connectivity index (χ3n) is 2.93. The molecule has 1 aromatic heterocycles. The Bertz CT molecular complexity index is 508. The van der Waals surface area contributed by atoms with Gasteiger partial charge in [0.05, 0.1) is 0 Å². The lowest BCUT2D eigenvalue weighted by atomic mass is 10.1. The molecule has 0 saturated heterocycles. The lowest BCUT2D eigenvalue weighted by Gasteiger charge is -2.14. The smallest absolute Gasteiger partial charge is 0.0409 e. The monoisotopic (exact) mass is 260 g/mol. The number of rotatable bonds is 4. The van der Waals surface area contributed by atoms with Crippen LogP contribution in [0.4, 0.5) is 0 Å². The first-order valence-electron chi connectivity index (χ1n) is 6.05. The van der Waals surface area contributed by atoms with Gasteiger partial charge in [-0.25, -0.2) is 0 Å². The van der Waals surface area contributed by atoms with Crippen molar-refractivity contribution in [3.63, 3.8) is 0 Å². The Labute approximate surface area is 113 Å². The van der Waals surface area contributed by atoms with Gasteiger partial charge < -0.3 is 5.32 Å². The van der Waals surface area contributed by atoms with Crippen LogP contribution < -0.4 is 5.32 Å². The Morgan fingerprint density at radius 2 is 2.11 bits per heavy atom. The molecule has 1 atom stereocenters. The largest absolute Gasteiger partial charge is 0.306 e. The summed E-state index contributed by atoms with van der Waals surface area (Å²) in [7, 11) is 0. The number of halogens is 1. The van der Waals surface area contributed by atoms with E-state index in [0.717, 1.165) is 17.3 Å². The standard InChI is InChI=1S/C15H17ClN2/c1-11-6-7-13(9-17-11)10-18-12(2)14-4-3-5-15(16)8-14/h3-9,12,18H,10H2,1-2H3/t12-/m0/s1. The zero-order valence-electron chi connectivity index (χ0n) is 10.7. The molecule has 0 saturated carbocycles. The maximum Gasteiger partial charge on any atom is 0.0409 e. The first-order chi connectivity index (χ1) is 8.65. The summed E-state index contributed by atoms with van der Waals surface area (Å²) in [6.45, 7) is 4.93. The Morgan fingerprint density at radius 1 is 1.28 bits per heavy atom. The molecule has 0 aliphatic rings. The highest BCUT2D eigenvalue weighted by Gasteiger charge is 2.05. The Hall–Kier alpha value is -1.38. The van der Waals surface area contributed by atoms with Crippen LogP contribution in [0.1, 0.15) is 29.8 Å². The number of pyridine rings is 1. The molecule has 1 heterocycles. The van der Waals surface area contributed by atoms with Crippen LogP contribution >= 0.6 is 11.6 Å². The zero-order chi connectivity index (χ0) is 13.0. The van der Waals surface area contributed by atoms with E-state index >= 15 is 0 Å². The third kappa shape index (κ3) is 3.56. The molecule has 0 aliphatic heterocycles. The van der Waals surface area contributed by atoms with Crippen molar-refractivity contribution in [1.82, 2.24) is 10.3 Å². The van der Waals surface area contributed by atoms with Crippen molar-refractivity contribution in [3.05, 3.63) is 64.4 Å². The van der Waals surface area contributed by atoms with Crippen LogP contribution in [0.2, 0.25) is 5.02 Å². The molecule has 1 N–H and O–H groups in total. The fourth-order valence-electron chi connectivity index (χ4n) is 1.77. The van der Waals surface area contributed by atoms with Crippen LogP contribution in [0.3, 0.4) is 0 Å². The van der Waals surface area contributed by atoms with Crippen LogP contribution in [-0.2, 0) is 6.54 Å². The van der Waals surface area contributed by atoms with Crippen molar-refractivity contribution in [1.29, 1.82) is 0 Å². The second-order valence-electron chi connectivity index (χ2n) is 4.47. The lowest BCUT2D eigenvalue weighted by molar-refractivity contribution is 0.574. The SMILES string of the molecule is Cc1ccc(CN[C@@H](C)c2cccc(Cl)c2)cn1. The van der Waals surface area contributed by atoms with Gasteiger partial charge in [0.25, 0.3) is 0 Å². The summed E-state index contributed by atoms with van der Waals surface area (Å²) in [5, 5.41) is 4.24. The molecular weight excluding hydrogens is 244 g/mol. The number of nitrogens with zero attached hydrogens (tertiary/aromatic N) is 1. The molecule has 1 aromatic carbocycles. The highest BCUT2D eigenvalue weighted by atomic mass is 35.5. The predicted octanol–water partition coefficient (Wildman–Crippen LogP) is 3.89. The second-order valence-corrected chi connectivity index (χ2v) is 4.90. The predicted molar refractivity (Wildman–Crippen MR) is 75.7 cm³/mol. The molecule has 2 rings (SSSR count). The topological polar surface area (TPSA) is 24.9 Å². The van der Waals surface area contributed by atoms with Gasteiger partial charge in [-0.05, 0) is 43.2 Å². The van der Waals surface area contributed by atoms with E-state index in [4.69, 9.17) is 11.6 Å². The fraction of sp³-hybridized carbons (Fsp3) is 0.267. The summed E-state index contributed by atoms with van der Waals surface area (Å²) >= 11 is 5.99. The van der Waals surface area contributed by atoms with Crippen LogP contribution in [0.25, 0.3) is 0 Å². The number of aromatic nitrogens is 1. The molecule has 0 bridgehead atoms. The van der Waals surface area contributed by atoms with E-state index in [1.54, 1.807) is 0 Å². The molecule has 18 heavy (non-hydrogen) atoms. The summed E-state index contributed by atoms with van der Waals surface area (Å²) in [6, 6.07) is 12.3. The van der Waals surface area contributed by atoms with E-state index < -0.39 is 0 Å². The minimum Gasteiger partial charge on any atom is -0.306 e. The van der Waals surface area contributed by atoms with Gasteiger partial charge in [-0.3, -0.25) is 4.98 Å². The summed E-state index contributed by atoms with van der Waals surface area (Å²) in [5.41, 5.74) is 3.43. The second kappa shape index (κ2) is 5.98. The molecule has 94 valence electrons. The van der Waals surface area contributed by atoms with Crippen molar-refractivity contribution in [2.75, 3.05) is 0 Å². The van der Waals surface area contributed by atoms with Crippen molar-refractivity contribution < 1.29 is 0 Å². The average Bonchev–Trinajstić information content (AvgIpc) is 2.38. The van der Waals surface area contributed by atoms with E-state index in [2.05, 4.69) is 29.4 Å². The van der Waals surface area contributed by atoms with Crippen molar-refractivity contribution in [2.45, 2.75) is 26.4 Å². The number of hydrogen-bond donors (Lipinski definition) is 1. The van der Waals surface area contributed by atoms with Gasteiger partial charge in [0.2, 0.25) is 0 Å². The minimum atomic E-state index is 0.269. The highest BCUT2D eigenvalue weighted by Crippen LogP contribution is 2.17. The summed E-state index contributed by atoms with van der Waals surface area (Å²) in [6.07, 6.45) is 1.91. The maximum atomic E-state index is 5.99. The van der Waals surface area contributed by atoms with Gasteiger partial charge >= 0.3 is 0 Å². The maximum absolute atomic E-state index is 5.99. The van der Waals surface area contributed by atoms with Gasteiger partial charge in [-0.15, -0.1) is 0 Å². The fourth-order valence-corrected chi connectivity index (χ4v) is 1.97. The molecule has 0 aliphatic carbocycles. The van der Waals surface area contributed by atoms with Crippen molar-refractivity contribution in [2.24, 2.45) is 0 Å². The number of benzene rings is 1. The van der Waals surface area contributed by atoms with E-state index in [-0.39, 0.29) is 6.04 Å². The quantitative estimate of drug-likeness (QED) is 0.902. The Kier molecular flexibility index (Phi) is 4.34. The molecule has 0 spiro atoms. The van der Waals surface area contributed by atoms with Gasteiger partial charge in [0.15, 0.2) is 0 Å². The van der Waals surface area contributed by atoms with Crippen LogP contribution in [-0.4, -0.2) is 4.98 Å². The van der Waals surface area contributed by atoms with E-state index in [1.165, 1.54) is 11.1 Å². The Balaban J connectivity index is 1.96. The van der Waals surface area contributed by atoms with Crippen LogP contribution in [0.15, 0.2) is 42.6 Å². The Morgan fingerprint density at radius 3 is 2.78 bits per heavy atom. The average molecular weight is 261 g/mol. The van der Waals surface area contributed by atoms with E-state index in [9.17, 15) is 0 Å². The number of nitrogens with one attached hydrogen (secondary N) is 1. The first kappa shape index (κ1) is 13.1. The molecule has 3 heteroatoms. The van der Waals surface area contributed by atoms with Gasteiger partial charge in [-0.1, -0.05) is 29.8 Å². The summed E-state index contributed by atoms with van der Waals surface area (Å²) in [4.78, 5) is 4.28. The third-order valence-corrected chi connectivity index (χ3v) is 3.17. The van der Waals surface area contributed by atoms with E-state index in [1.807, 2.05) is 37.4 Å². The highest BCUT2D eigenvalue weighted by molar-refractivity contribution is 6.30. The number of hydrogen-bond acceptors (Lipinski definition) is 2. The summed E-state index contributed by atoms with van der Waals surface area (Å²) in [5.74, 6) is 0. The first-order valence-corrected chi connectivity index (χ1v) is 6.43. The zero-order valence-corrected chi connectivity index (χ0v) is 11.4. The van der Waals surface area contributed by atoms with Crippen molar-refractivity contribution in [3.8, 4) is 0 Å². The van der Waals surface area contributed by atoms with Crippen molar-refractivity contribution >= 4 is 11.6 Å². The van der Waals surface area contributed by atoms with Crippen LogP contribution in [0, 0.1) is 6.92 Å². The molecule has 0 amide bonds. The minimum absolute atomic E-state index is 0.269. The molecule has 0 radical (unpaired) electrons. The van der Waals surface area contributed by atoms with Crippen LogP contribution in [0.5, 0.6) is 0 Å². The molecule has 0 fully saturated rings. The summed E-state index contributed by atoms with van der Waals surface area (Å²) < 4.78 is 0. The van der Waals surface area contributed by atoms with Gasteiger partial charge in [-0.2, -0.15) is 0 Å². The molecule has 0 unspecified atom stereocenters. The molecule has 2 nitrogen and oxygen atoms in total. The number of aryl methyl sites for hydroxylation is 1. The normalized spacial score (nSPS) is 12.4.